The molecule has 1 unspecified atom stereocenters. The third-order valence-corrected chi connectivity index (χ3v) is 3.32. The summed E-state index contributed by atoms with van der Waals surface area (Å²) < 4.78 is 0. The number of benzene rings is 2. The van der Waals surface area contributed by atoms with E-state index in [1.807, 2.05) is 24.3 Å². The number of phenols is 1. The maximum Gasteiger partial charge on any atom is 0.224 e. The molecule has 0 fully saturated rings. The van der Waals surface area contributed by atoms with Crippen LogP contribution in [0.15, 0.2) is 54.6 Å². The van der Waals surface area contributed by atoms with Crippen LogP contribution in [0.25, 0.3) is 0 Å². The molecule has 0 radical (unpaired) electrons. The summed E-state index contributed by atoms with van der Waals surface area (Å²) in [6.45, 7) is 2.67. The number of nitrogens with one attached hydrogen (secondary N) is 1. The van der Waals surface area contributed by atoms with Crippen molar-refractivity contribution in [1.82, 2.24) is 5.32 Å². The van der Waals surface area contributed by atoms with Gasteiger partial charge < -0.3 is 10.4 Å². The molecule has 0 aliphatic heterocycles. The van der Waals surface area contributed by atoms with E-state index >= 15 is 0 Å². The van der Waals surface area contributed by atoms with Gasteiger partial charge in [-0.3, -0.25) is 4.79 Å². The van der Waals surface area contributed by atoms with Crippen molar-refractivity contribution in [3.05, 3.63) is 65.7 Å². The molecule has 2 aromatic carbocycles. The zero-order valence-electron chi connectivity index (χ0n) is 11.5. The van der Waals surface area contributed by atoms with Gasteiger partial charge >= 0.3 is 0 Å². The first-order chi connectivity index (χ1) is 9.66. The summed E-state index contributed by atoms with van der Waals surface area (Å²) in [6.07, 6.45) is 0.203. The molecule has 3 heteroatoms. The second-order valence-corrected chi connectivity index (χ2v) is 4.92. The van der Waals surface area contributed by atoms with Crippen molar-refractivity contribution in [2.75, 3.05) is 6.54 Å². The Labute approximate surface area is 119 Å². The fraction of sp³-hybridized carbons (Fsp3) is 0.235. The molecule has 0 aliphatic rings. The van der Waals surface area contributed by atoms with E-state index in [1.54, 1.807) is 18.2 Å². The molecule has 0 saturated carbocycles. The number of phenolic OH excluding ortho intramolecular Hbond substituents is 1. The standard InChI is InChI=1S/C17H19NO2/c1-13(14-7-3-2-4-8-14)12-18-17(20)11-15-9-5-6-10-16(15)19/h2-10,13,19H,11-12H2,1H3,(H,18,20). The molecule has 2 N–H and O–H groups in total. The average Bonchev–Trinajstić information content (AvgIpc) is 2.48. The Morgan fingerprint density at radius 2 is 1.75 bits per heavy atom. The molecule has 0 heterocycles. The molecule has 1 atom stereocenters. The Bertz CT molecular complexity index is 566. The van der Waals surface area contributed by atoms with Gasteiger partial charge in [-0.1, -0.05) is 55.5 Å². The van der Waals surface area contributed by atoms with Crippen LogP contribution < -0.4 is 5.32 Å². The number of rotatable bonds is 5. The number of para-hydroxylation sites is 1. The van der Waals surface area contributed by atoms with Gasteiger partial charge in [-0.25, -0.2) is 0 Å². The van der Waals surface area contributed by atoms with Crippen molar-refractivity contribution >= 4 is 5.91 Å². The minimum Gasteiger partial charge on any atom is -0.508 e. The van der Waals surface area contributed by atoms with Gasteiger partial charge in [0.25, 0.3) is 0 Å². The van der Waals surface area contributed by atoms with Crippen LogP contribution in [0.2, 0.25) is 0 Å². The van der Waals surface area contributed by atoms with E-state index in [2.05, 4.69) is 24.4 Å². The molecular formula is C17H19NO2. The van der Waals surface area contributed by atoms with E-state index in [0.717, 1.165) is 0 Å². The largest absolute Gasteiger partial charge is 0.508 e. The first-order valence-corrected chi connectivity index (χ1v) is 6.75. The fourth-order valence-corrected chi connectivity index (χ4v) is 2.06. The van der Waals surface area contributed by atoms with Crippen LogP contribution in [-0.4, -0.2) is 17.6 Å². The number of hydrogen-bond acceptors (Lipinski definition) is 2. The molecule has 1 amide bonds. The summed E-state index contributed by atoms with van der Waals surface area (Å²) >= 11 is 0. The van der Waals surface area contributed by atoms with Crippen molar-refractivity contribution in [3.63, 3.8) is 0 Å². The first-order valence-electron chi connectivity index (χ1n) is 6.75. The number of amides is 1. The first kappa shape index (κ1) is 14.1. The van der Waals surface area contributed by atoms with Gasteiger partial charge in [0, 0.05) is 12.1 Å². The van der Waals surface area contributed by atoms with Gasteiger partial charge in [-0.05, 0) is 17.5 Å². The molecule has 0 aliphatic carbocycles. The van der Waals surface area contributed by atoms with Crippen LogP contribution in [-0.2, 0) is 11.2 Å². The van der Waals surface area contributed by atoms with Crippen LogP contribution in [0.5, 0.6) is 5.75 Å². The Morgan fingerprint density at radius 3 is 2.45 bits per heavy atom. The third kappa shape index (κ3) is 3.85. The molecule has 2 aromatic rings. The lowest BCUT2D eigenvalue weighted by atomic mass is 10.0. The normalized spacial score (nSPS) is 11.8. The predicted octanol–water partition coefficient (Wildman–Crippen LogP) is 2.85. The molecule has 3 nitrogen and oxygen atoms in total. The minimum absolute atomic E-state index is 0.0747. The lowest BCUT2D eigenvalue weighted by molar-refractivity contribution is -0.120. The number of aromatic hydroxyl groups is 1. The van der Waals surface area contributed by atoms with E-state index in [0.29, 0.717) is 12.1 Å². The van der Waals surface area contributed by atoms with Crippen LogP contribution in [0.4, 0.5) is 0 Å². The maximum atomic E-state index is 11.9. The van der Waals surface area contributed by atoms with Crippen molar-refractivity contribution in [3.8, 4) is 5.75 Å². The highest BCUT2D eigenvalue weighted by atomic mass is 16.3. The summed E-state index contributed by atoms with van der Waals surface area (Å²) in [5.74, 6) is 0.359. The summed E-state index contributed by atoms with van der Waals surface area (Å²) in [4.78, 5) is 11.9. The molecular weight excluding hydrogens is 250 g/mol. The lowest BCUT2D eigenvalue weighted by Gasteiger charge is -2.13. The molecule has 0 aromatic heterocycles. The van der Waals surface area contributed by atoms with Gasteiger partial charge in [-0.15, -0.1) is 0 Å². The zero-order chi connectivity index (χ0) is 14.4. The van der Waals surface area contributed by atoms with Crippen LogP contribution in [0.1, 0.15) is 24.0 Å². The van der Waals surface area contributed by atoms with Crippen molar-refractivity contribution < 1.29 is 9.90 Å². The number of hydrogen-bond donors (Lipinski definition) is 2. The Balaban J connectivity index is 1.85. The van der Waals surface area contributed by atoms with Crippen LogP contribution >= 0.6 is 0 Å². The van der Waals surface area contributed by atoms with Crippen molar-refractivity contribution in [2.24, 2.45) is 0 Å². The second kappa shape index (κ2) is 6.75. The van der Waals surface area contributed by atoms with Crippen molar-refractivity contribution in [2.45, 2.75) is 19.3 Å². The van der Waals surface area contributed by atoms with E-state index in [9.17, 15) is 9.90 Å². The van der Waals surface area contributed by atoms with Gasteiger partial charge in [-0.2, -0.15) is 0 Å². The van der Waals surface area contributed by atoms with Crippen LogP contribution in [0.3, 0.4) is 0 Å². The summed E-state index contributed by atoms with van der Waals surface area (Å²) in [7, 11) is 0. The van der Waals surface area contributed by atoms with E-state index in [1.165, 1.54) is 5.56 Å². The molecule has 0 bridgehead atoms. The van der Waals surface area contributed by atoms with E-state index in [-0.39, 0.29) is 24.0 Å². The fourth-order valence-electron chi connectivity index (χ4n) is 2.06. The summed E-state index contributed by atoms with van der Waals surface area (Å²) in [5.41, 5.74) is 1.85. The SMILES string of the molecule is CC(CNC(=O)Cc1ccccc1O)c1ccccc1. The van der Waals surface area contributed by atoms with E-state index < -0.39 is 0 Å². The third-order valence-electron chi connectivity index (χ3n) is 3.32. The van der Waals surface area contributed by atoms with Crippen molar-refractivity contribution in [1.29, 1.82) is 0 Å². The summed E-state index contributed by atoms with van der Waals surface area (Å²) in [6, 6.07) is 17.0. The Kier molecular flexibility index (Phi) is 4.77. The lowest BCUT2D eigenvalue weighted by Crippen LogP contribution is -2.28. The molecule has 104 valence electrons. The molecule has 0 saturated heterocycles. The Hall–Kier alpha value is -2.29. The zero-order valence-corrected chi connectivity index (χ0v) is 11.5. The quantitative estimate of drug-likeness (QED) is 0.877. The molecule has 20 heavy (non-hydrogen) atoms. The predicted molar refractivity (Wildman–Crippen MR) is 79.7 cm³/mol. The highest BCUT2D eigenvalue weighted by Gasteiger charge is 2.09. The number of carbonyl (C=O) groups is 1. The highest BCUT2D eigenvalue weighted by molar-refractivity contribution is 5.79. The summed E-state index contributed by atoms with van der Waals surface area (Å²) in [5, 5.41) is 12.5. The Morgan fingerprint density at radius 1 is 1.10 bits per heavy atom. The number of carbonyl (C=O) groups excluding carboxylic acids is 1. The highest BCUT2D eigenvalue weighted by Crippen LogP contribution is 2.16. The van der Waals surface area contributed by atoms with E-state index in [4.69, 9.17) is 0 Å². The van der Waals surface area contributed by atoms with Gasteiger partial charge in [0.15, 0.2) is 0 Å². The van der Waals surface area contributed by atoms with Gasteiger partial charge in [0.2, 0.25) is 5.91 Å². The topological polar surface area (TPSA) is 49.3 Å². The van der Waals surface area contributed by atoms with Gasteiger partial charge in [0.1, 0.15) is 5.75 Å². The smallest absolute Gasteiger partial charge is 0.224 e. The monoisotopic (exact) mass is 269 g/mol. The average molecular weight is 269 g/mol. The molecule has 0 spiro atoms. The maximum absolute atomic E-state index is 11.9. The minimum atomic E-state index is -0.0747. The van der Waals surface area contributed by atoms with Gasteiger partial charge in [0.05, 0.1) is 6.42 Å². The second-order valence-electron chi connectivity index (χ2n) is 4.92. The molecule has 2 rings (SSSR count). The van der Waals surface area contributed by atoms with Crippen LogP contribution in [0, 0.1) is 0 Å².